The zero-order valence-corrected chi connectivity index (χ0v) is 14.8. The molecule has 1 amide bonds. The number of thioether (sulfide) groups is 1. The van der Waals surface area contributed by atoms with Crippen molar-refractivity contribution in [1.29, 1.82) is 0 Å². The number of hydrogen-bond donors (Lipinski definition) is 1. The molecule has 0 radical (unpaired) electrons. The average molecular weight is 345 g/mol. The highest BCUT2D eigenvalue weighted by Gasteiger charge is 2.23. The Balaban J connectivity index is 1.53. The molecule has 2 aromatic rings. The lowest BCUT2D eigenvalue weighted by atomic mass is 10.2. The van der Waals surface area contributed by atoms with Crippen LogP contribution < -0.4 is 5.32 Å². The van der Waals surface area contributed by atoms with Crippen LogP contribution in [-0.2, 0) is 6.42 Å². The summed E-state index contributed by atoms with van der Waals surface area (Å²) in [7, 11) is 0. The minimum Gasteiger partial charge on any atom is -0.352 e. The molecule has 128 valence electrons. The number of amides is 1. The number of hydrogen-bond acceptors (Lipinski definition) is 5. The number of carbonyl (C=O) groups is 1. The summed E-state index contributed by atoms with van der Waals surface area (Å²) in [6, 6.07) is 3.98. The van der Waals surface area contributed by atoms with Crippen LogP contribution in [0.5, 0.6) is 0 Å². The van der Waals surface area contributed by atoms with E-state index >= 15 is 0 Å². The minimum absolute atomic E-state index is 0.0561. The first-order valence-electron chi connectivity index (χ1n) is 8.45. The lowest BCUT2D eigenvalue weighted by Gasteiger charge is -2.16. The predicted octanol–water partition coefficient (Wildman–Crippen LogP) is 2.87. The van der Waals surface area contributed by atoms with Gasteiger partial charge in [0.1, 0.15) is 5.82 Å². The third-order valence-corrected chi connectivity index (χ3v) is 5.06. The van der Waals surface area contributed by atoms with Crippen molar-refractivity contribution in [3.05, 3.63) is 35.9 Å². The van der Waals surface area contributed by atoms with Gasteiger partial charge in [-0.05, 0) is 37.7 Å². The predicted molar refractivity (Wildman–Crippen MR) is 94.2 cm³/mol. The van der Waals surface area contributed by atoms with Crippen LogP contribution in [0.25, 0.3) is 0 Å². The van der Waals surface area contributed by atoms with Crippen LogP contribution in [0.1, 0.15) is 54.3 Å². The molecule has 3 rings (SSSR count). The van der Waals surface area contributed by atoms with Gasteiger partial charge >= 0.3 is 0 Å². The Morgan fingerprint density at radius 1 is 1.29 bits per heavy atom. The largest absolute Gasteiger partial charge is 0.352 e. The summed E-state index contributed by atoms with van der Waals surface area (Å²) in [6.45, 7) is 0.632. The topological polar surface area (TPSA) is 72.7 Å². The number of nitrogens with zero attached hydrogens (tertiary/aromatic N) is 4. The van der Waals surface area contributed by atoms with E-state index in [2.05, 4.69) is 25.1 Å². The van der Waals surface area contributed by atoms with E-state index in [9.17, 15) is 4.79 Å². The second-order valence-electron chi connectivity index (χ2n) is 6.01. The van der Waals surface area contributed by atoms with E-state index in [0.29, 0.717) is 18.2 Å². The van der Waals surface area contributed by atoms with E-state index < -0.39 is 0 Å². The van der Waals surface area contributed by atoms with Crippen LogP contribution in [0.4, 0.5) is 0 Å². The fourth-order valence-electron chi connectivity index (χ4n) is 3.20. The van der Waals surface area contributed by atoms with Crippen molar-refractivity contribution in [1.82, 2.24) is 25.1 Å². The van der Waals surface area contributed by atoms with E-state index in [1.165, 1.54) is 25.7 Å². The normalized spacial score (nSPS) is 14.9. The van der Waals surface area contributed by atoms with Crippen LogP contribution in [-0.4, -0.2) is 38.5 Å². The van der Waals surface area contributed by atoms with Crippen molar-refractivity contribution < 1.29 is 4.79 Å². The van der Waals surface area contributed by atoms with Crippen LogP contribution in [0.15, 0.2) is 29.7 Å². The molecule has 0 aliphatic heterocycles. The fraction of sp³-hybridized carbons (Fsp3) is 0.529. The van der Waals surface area contributed by atoms with E-state index in [1.807, 2.05) is 6.26 Å². The van der Waals surface area contributed by atoms with E-state index in [0.717, 1.165) is 23.8 Å². The standard InChI is InChI=1S/C17H23N5OS/c1-24-17-21-20-15(22(17)14-5-2-3-6-14)7-4-10-19-16(23)13-8-11-18-12-9-13/h8-9,11-12,14H,2-7,10H2,1H3,(H,19,23). The molecule has 7 heteroatoms. The molecule has 1 N–H and O–H groups in total. The van der Waals surface area contributed by atoms with E-state index in [-0.39, 0.29) is 5.91 Å². The molecule has 0 spiro atoms. The van der Waals surface area contributed by atoms with Crippen LogP contribution in [0, 0.1) is 0 Å². The molecule has 1 fully saturated rings. The average Bonchev–Trinajstić information content (AvgIpc) is 3.28. The number of carbonyl (C=O) groups excluding carboxylic acids is 1. The molecule has 0 bridgehead atoms. The van der Waals surface area contributed by atoms with Crippen molar-refractivity contribution in [3.63, 3.8) is 0 Å². The Kier molecular flexibility index (Phi) is 5.85. The summed E-state index contributed by atoms with van der Waals surface area (Å²) in [5.41, 5.74) is 0.642. The van der Waals surface area contributed by atoms with Gasteiger partial charge in [-0.1, -0.05) is 24.6 Å². The summed E-state index contributed by atoms with van der Waals surface area (Å²) >= 11 is 1.66. The fourth-order valence-corrected chi connectivity index (χ4v) is 3.77. The van der Waals surface area contributed by atoms with Gasteiger partial charge in [-0.3, -0.25) is 9.78 Å². The van der Waals surface area contributed by atoms with Crippen molar-refractivity contribution >= 4 is 17.7 Å². The highest BCUT2D eigenvalue weighted by atomic mass is 32.2. The van der Waals surface area contributed by atoms with Gasteiger partial charge in [0.25, 0.3) is 5.91 Å². The summed E-state index contributed by atoms with van der Waals surface area (Å²) in [5.74, 6) is 0.990. The highest BCUT2D eigenvalue weighted by molar-refractivity contribution is 7.98. The van der Waals surface area contributed by atoms with Gasteiger partial charge in [0, 0.05) is 37.0 Å². The first kappa shape index (κ1) is 17.0. The molecule has 0 saturated heterocycles. The second-order valence-corrected chi connectivity index (χ2v) is 6.78. The third-order valence-electron chi connectivity index (χ3n) is 4.41. The molecule has 1 aliphatic carbocycles. The number of nitrogens with one attached hydrogen (secondary N) is 1. The van der Waals surface area contributed by atoms with Gasteiger partial charge in [0.05, 0.1) is 0 Å². The number of aryl methyl sites for hydroxylation is 1. The number of aromatic nitrogens is 4. The van der Waals surface area contributed by atoms with Gasteiger partial charge in [-0.25, -0.2) is 0 Å². The molecule has 6 nitrogen and oxygen atoms in total. The molecule has 2 heterocycles. The van der Waals surface area contributed by atoms with Gasteiger partial charge < -0.3 is 9.88 Å². The van der Waals surface area contributed by atoms with E-state index in [4.69, 9.17) is 0 Å². The lowest BCUT2D eigenvalue weighted by molar-refractivity contribution is 0.0953. The number of pyridine rings is 1. The highest BCUT2D eigenvalue weighted by Crippen LogP contribution is 2.33. The summed E-state index contributed by atoms with van der Waals surface area (Å²) in [5, 5.41) is 12.7. The zero-order valence-electron chi connectivity index (χ0n) is 13.9. The Bertz CT molecular complexity index is 667. The third kappa shape index (κ3) is 3.95. The smallest absolute Gasteiger partial charge is 0.251 e. The maximum atomic E-state index is 12.0. The minimum atomic E-state index is -0.0561. The van der Waals surface area contributed by atoms with Gasteiger partial charge in [-0.2, -0.15) is 0 Å². The van der Waals surface area contributed by atoms with Gasteiger partial charge in [0.15, 0.2) is 5.16 Å². The Morgan fingerprint density at radius 3 is 2.75 bits per heavy atom. The number of rotatable bonds is 7. The maximum Gasteiger partial charge on any atom is 0.251 e. The van der Waals surface area contributed by atoms with Crippen molar-refractivity contribution in [3.8, 4) is 0 Å². The van der Waals surface area contributed by atoms with Crippen LogP contribution in [0.2, 0.25) is 0 Å². The summed E-state index contributed by atoms with van der Waals surface area (Å²) < 4.78 is 2.32. The van der Waals surface area contributed by atoms with Crippen LogP contribution >= 0.6 is 11.8 Å². The Morgan fingerprint density at radius 2 is 2.04 bits per heavy atom. The molecule has 0 aromatic carbocycles. The van der Waals surface area contributed by atoms with Crippen LogP contribution in [0.3, 0.4) is 0 Å². The molecule has 0 atom stereocenters. The van der Waals surface area contributed by atoms with E-state index in [1.54, 1.807) is 36.3 Å². The molecule has 0 unspecified atom stereocenters. The summed E-state index contributed by atoms with van der Waals surface area (Å²) in [6.07, 6.45) is 12.0. The molecule has 1 aliphatic rings. The first-order valence-corrected chi connectivity index (χ1v) is 9.68. The molecule has 2 aromatic heterocycles. The zero-order chi connectivity index (χ0) is 16.8. The molecule has 24 heavy (non-hydrogen) atoms. The molecular formula is C17H23N5OS. The molecule has 1 saturated carbocycles. The maximum absolute atomic E-state index is 12.0. The van der Waals surface area contributed by atoms with Crippen molar-refractivity contribution in [2.45, 2.75) is 49.7 Å². The first-order chi connectivity index (χ1) is 11.8. The summed E-state index contributed by atoms with van der Waals surface area (Å²) in [4.78, 5) is 15.9. The van der Waals surface area contributed by atoms with Crippen molar-refractivity contribution in [2.75, 3.05) is 12.8 Å². The Labute approximate surface area is 146 Å². The SMILES string of the molecule is CSc1nnc(CCCNC(=O)c2ccncc2)n1C1CCCC1. The van der Waals surface area contributed by atoms with Crippen molar-refractivity contribution in [2.24, 2.45) is 0 Å². The van der Waals surface area contributed by atoms with Gasteiger partial charge in [0.2, 0.25) is 0 Å². The molecular weight excluding hydrogens is 322 g/mol. The monoisotopic (exact) mass is 345 g/mol. The lowest BCUT2D eigenvalue weighted by Crippen LogP contribution is -2.25. The quantitative estimate of drug-likeness (QED) is 0.617. The Hall–Kier alpha value is -1.89. The second kappa shape index (κ2) is 8.28. The van der Waals surface area contributed by atoms with Gasteiger partial charge in [-0.15, -0.1) is 10.2 Å².